The van der Waals surface area contributed by atoms with Crippen LogP contribution in [-0.4, -0.2) is 32.6 Å². The molecule has 0 aliphatic heterocycles. The number of aromatic nitrogens is 3. The summed E-state index contributed by atoms with van der Waals surface area (Å²) in [5.74, 6) is 2.98. The Morgan fingerprint density at radius 1 is 1.14 bits per heavy atom. The van der Waals surface area contributed by atoms with Gasteiger partial charge in [0.2, 0.25) is 0 Å². The number of nitrogens with zero attached hydrogens (tertiary/aromatic N) is 3. The van der Waals surface area contributed by atoms with Gasteiger partial charge in [0.1, 0.15) is 18.5 Å². The van der Waals surface area contributed by atoms with E-state index in [-0.39, 0.29) is 24.4 Å². The van der Waals surface area contributed by atoms with Crippen LogP contribution in [0.3, 0.4) is 0 Å². The second-order valence-corrected chi connectivity index (χ2v) is 11.0. The molecule has 0 unspecified atom stereocenters. The van der Waals surface area contributed by atoms with Crippen LogP contribution < -0.4 is 4.74 Å². The highest BCUT2D eigenvalue weighted by atomic mass is 32.2. The van der Waals surface area contributed by atoms with Gasteiger partial charge >= 0.3 is 5.97 Å². The first-order chi connectivity index (χ1) is 18.0. The lowest BCUT2D eigenvalue weighted by molar-refractivity contribution is -0.152. The van der Waals surface area contributed by atoms with Crippen LogP contribution in [0.15, 0.2) is 72.4 Å². The number of ether oxygens (including phenoxy) is 2. The van der Waals surface area contributed by atoms with Crippen LogP contribution in [0.4, 0.5) is 0 Å². The molecule has 0 saturated heterocycles. The quantitative estimate of drug-likeness (QED) is 0.158. The van der Waals surface area contributed by atoms with Crippen molar-refractivity contribution in [2.75, 3.05) is 5.75 Å². The molecule has 196 valence electrons. The van der Waals surface area contributed by atoms with Gasteiger partial charge in [0.15, 0.2) is 11.0 Å². The Labute approximate surface area is 224 Å². The Bertz CT molecular complexity index is 1180. The van der Waals surface area contributed by atoms with E-state index in [4.69, 9.17) is 9.47 Å². The van der Waals surface area contributed by atoms with Crippen LogP contribution in [-0.2, 0) is 22.7 Å². The predicted octanol–water partition coefficient (Wildman–Crippen LogP) is 6.81. The maximum atomic E-state index is 12.8. The van der Waals surface area contributed by atoms with Crippen molar-refractivity contribution >= 4 is 17.7 Å². The average molecular weight is 520 g/mol. The van der Waals surface area contributed by atoms with E-state index < -0.39 is 0 Å². The second-order valence-electron chi connectivity index (χ2n) is 10.1. The molecule has 0 amide bonds. The van der Waals surface area contributed by atoms with E-state index in [2.05, 4.69) is 49.7 Å². The molecule has 7 heteroatoms. The van der Waals surface area contributed by atoms with Gasteiger partial charge in [-0.15, -0.1) is 16.8 Å². The number of para-hydroxylation sites is 1. The number of carbonyl (C=O) groups is 1. The summed E-state index contributed by atoms with van der Waals surface area (Å²) in [5, 5.41) is 9.36. The van der Waals surface area contributed by atoms with Crippen molar-refractivity contribution in [2.45, 2.75) is 64.4 Å². The molecule has 1 saturated carbocycles. The Morgan fingerprint density at radius 2 is 1.89 bits per heavy atom. The van der Waals surface area contributed by atoms with E-state index >= 15 is 0 Å². The normalized spacial score (nSPS) is 19.5. The smallest absolute Gasteiger partial charge is 0.316 e. The third kappa shape index (κ3) is 7.04. The van der Waals surface area contributed by atoms with Gasteiger partial charge in [-0.05, 0) is 42.2 Å². The number of hydrogen-bond acceptors (Lipinski definition) is 6. The Kier molecular flexibility index (Phi) is 9.45. The Morgan fingerprint density at radius 3 is 2.65 bits per heavy atom. The molecule has 1 aliphatic carbocycles. The maximum absolute atomic E-state index is 12.8. The van der Waals surface area contributed by atoms with Gasteiger partial charge in [0.25, 0.3) is 0 Å². The highest BCUT2D eigenvalue weighted by Crippen LogP contribution is 2.36. The summed E-state index contributed by atoms with van der Waals surface area (Å²) >= 11 is 1.35. The fourth-order valence-electron chi connectivity index (χ4n) is 5.01. The summed E-state index contributed by atoms with van der Waals surface area (Å²) in [6.07, 6.45) is 5.06. The first-order valence-corrected chi connectivity index (χ1v) is 14.1. The molecule has 1 aliphatic rings. The van der Waals surface area contributed by atoms with Crippen LogP contribution in [0, 0.1) is 17.8 Å². The van der Waals surface area contributed by atoms with Gasteiger partial charge in [-0.25, -0.2) is 0 Å². The van der Waals surface area contributed by atoms with Gasteiger partial charge in [-0.2, -0.15) is 0 Å². The number of hydrogen-bond donors (Lipinski definition) is 0. The summed E-state index contributed by atoms with van der Waals surface area (Å²) < 4.78 is 14.1. The fourth-order valence-corrected chi connectivity index (χ4v) is 5.76. The minimum Gasteiger partial charge on any atom is -0.485 e. The summed E-state index contributed by atoms with van der Waals surface area (Å²) in [6, 6.07) is 18.1. The Hall–Kier alpha value is -3.06. The van der Waals surface area contributed by atoms with Crippen LogP contribution in [0.2, 0.25) is 0 Å². The van der Waals surface area contributed by atoms with E-state index in [0.29, 0.717) is 35.3 Å². The molecule has 0 spiro atoms. The molecular weight excluding hydrogens is 482 g/mol. The molecule has 3 aromatic rings. The average Bonchev–Trinajstić information content (AvgIpc) is 3.28. The second kappa shape index (κ2) is 13.0. The van der Waals surface area contributed by atoms with E-state index in [1.165, 1.54) is 18.2 Å². The molecule has 4 rings (SSSR count). The number of benzene rings is 2. The lowest BCUT2D eigenvalue weighted by atomic mass is 9.75. The topological polar surface area (TPSA) is 66.2 Å². The molecule has 1 heterocycles. The number of thioether (sulfide) groups is 1. The van der Waals surface area contributed by atoms with E-state index in [9.17, 15) is 4.79 Å². The van der Waals surface area contributed by atoms with Crippen LogP contribution in [0.5, 0.6) is 5.75 Å². The zero-order valence-corrected chi connectivity index (χ0v) is 22.8. The largest absolute Gasteiger partial charge is 0.485 e. The summed E-state index contributed by atoms with van der Waals surface area (Å²) in [7, 11) is 0. The van der Waals surface area contributed by atoms with E-state index in [1.54, 1.807) is 6.08 Å². The maximum Gasteiger partial charge on any atom is 0.316 e. The fraction of sp³-hybridized carbons (Fsp3) is 0.433. The highest BCUT2D eigenvalue weighted by molar-refractivity contribution is 7.99. The van der Waals surface area contributed by atoms with E-state index in [0.717, 1.165) is 29.7 Å². The van der Waals surface area contributed by atoms with Crippen LogP contribution >= 0.6 is 11.8 Å². The predicted molar refractivity (Wildman–Crippen MR) is 148 cm³/mol. The number of carbonyl (C=O) groups excluding carboxylic acids is 1. The molecule has 0 bridgehead atoms. The minimum absolute atomic E-state index is 0.00320. The van der Waals surface area contributed by atoms with Crippen molar-refractivity contribution in [3.8, 4) is 16.9 Å². The molecule has 37 heavy (non-hydrogen) atoms. The first-order valence-electron chi connectivity index (χ1n) is 13.1. The third-order valence-corrected chi connectivity index (χ3v) is 7.94. The minimum atomic E-state index is -0.197. The standard InChI is InChI=1S/C30H37N3O3S/c1-5-17-33-28(19-35-26-14-10-9-13-25(26)23-11-7-6-8-12-23)31-32-30(33)37-20-29(34)36-27-18-22(4)15-16-24(27)21(2)3/h5-14,21-22,24,27H,1,15-20H2,2-4H3/t22-,24-,27+/m0/s1. The first kappa shape index (κ1) is 27.0. The van der Waals surface area contributed by atoms with Crippen molar-refractivity contribution in [2.24, 2.45) is 17.8 Å². The number of rotatable bonds is 11. The summed E-state index contributed by atoms with van der Waals surface area (Å²) in [4.78, 5) is 12.8. The SMILES string of the molecule is C=CCn1c(COc2ccccc2-c2ccccc2)nnc1SCC(=O)O[C@@H]1C[C@@H](C)CC[C@H]1C(C)C. The molecule has 1 aromatic heterocycles. The monoisotopic (exact) mass is 519 g/mol. The summed E-state index contributed by atoms with van der Waals surface area (Å²) in [6.45, 7) is 11.3. The highest BCUT2D eigenvalue weighted by Gasteiger charge is 2.33. The molecular formula is C30H37N3O3S. The van der Waals surface area contributed by atoms with Crippen molar-refractivity contribution < 1.29 is 14.3 Å². The number of allylic oxidation sites excluding steroid dienone is 1. The van der Waals surface area contributed by atoms with Crippen LogP contribution in [0.1, 0.15) is 45.9 Å². The zero-order valence-electron chi connectivity index (χ0n) is 22.0. The van der Waals surface area contributed by atoms with Gasteiger partial charge < -0.3 is 9.47 Å². The van der Waals surface area contributed by atoms with Crippen molar-refractivity contribution in [3.63, 3.8) is 0 Å². The lowest BCUT2D eigenvalue weighted by Crippen LogP contribution is -2.36. The lowest BCUT2D eigenvalue weighted by Gasteiger charge is -2.36. The van der Waals surface area contributed by atoms with Gasteiger partial charge in [0.05, 0.1) is 5.75 Å². The van der Waals surface area contributed by atoms with Crippen LogP contribution in [0.25, 0.3) is 11.1 Å². The molecule has 1 fully saturated rings. The molecule has 2 aromatic carbocycles. The van der Waals surface area contributed by atoms with Crippen molar-refractivity contribution in [3.05, 3.63) is 73.1 Å². The van der Waals surface area contributed by atoms with Gasteiger partial charge in [0, 0.05) is 12.1 Å². The Balaban J connectivity index is 1.40. The molecule has 3 atom stereocenters. The zero-order chi connectivity index (χ0) is 26.2. The molecule has 0 N–H and O–H groups in total. The number of esters is 1. The van der Waals surface area contributed by atoms with Gasteiger partial charge in [-0.3, -0.25) is 9.36 Å². The molecule has 0 radical (unpaired) electrons. The third-order valence-electron chi connectivity index (χ3n) is 7.00. The van der Waals surface area contributed by atoms with E-state index in [1.807, 2.05) is 47.0 Å². The van der Waals surface area contributed by atoms with Crippen molar-refractivity contribution in [1.82, 2.24) is 14.8 Å². The van der Waals surface area contributed by atoms with Gasteiger partial charge in [-0.1, -0.05) is 93.6 Å². The van der Waals surface area contributed by atoms with Crippen molar-refractivity contribution in [1.29, 1.82) is 0 Å². The molecule has 6 nitrogen and oxygen atoms in total. The summed E-state index contributed by atoms with van der Waals surface area (Å²) in [5.41, 5.74) is 2.11.